The first-order chi connectivity index (χ1) is 9.68. The van der Waals surface area contributed by atoms with Crippen LogP contribution in [0.2, 0.25) is 0 Å². The Kier molecular flexibility index (Phi) is 3.81. The van der Waals surface area contributed by atoms with Gasteiger partial charge in [-0.3, -0.25) is 0 Å². The van der Waals surface area contributed by atoms with Gasteiger partial charge in [-0.1, -0.05) is 25.1 Å². The molecule has 0 aliphatic carbocycles. The van der Waals surface area contributed by atoms with Crippen molar-refractivity contribution in [1.82, 2.24) is 5.32 Å². The minimum atomic E-state index is 0.367. The first-order valence-corrected chi connectivity index (χ1v) is 7.43. The molecule has 1 aliphatic heterocycles. The van der Waals surface area contributed by atoms with Crippen LogP contribution in [-0.4, -0.2) is 19.8 Å². The third-order valence-corrected chi connectivity index (χ3v) is 4.45. The van der Waals surface area contributed by atoms with Gasteiger partial charge in [0.2, 0.25) is 0 Å². The van der Waals surface area contributed by atoms with Crippen molar-refractivity contribution >= 4 is 11.0 Å². The normalized spacial score (nSPS) is 18.5. The van der Waals surface area contributed by atoms with E-state index < -0.39 is 0 Å². The predicted molar refractivity (Wildman–Crippen MR) is 80.8 cm³/mol. The van der Waals surface area contributed by atoms with Gasteiger partial charge in [0.25, 0.3) is 0 Å². The fourth-order valence-electron chi connectivity index (χ4n) is 2.97. The molecule has 0 spiro atoms. The summed E-state index contributed by atoms with van der Waals surface area (Å²) < 4.78 is 11.3. The van der Waals surface area contributed by atoms with Crippen molar-refractivity contribution in [3.8, 4) is 0 Å². The molecule has 1 aliphatic rings. The summed E-state index contributed by atoms with van der Waals surface area (Å²) in [4.78, 5) is 0. The molecule has 1 saturated heterocycles. The second-order valence-electron chi connectivity index (χ2n) is 6.16. The highest BCUT2D eigenvalue weighted by Gasteiger charge is 2.26. The van der Waals surface area contributed by atoms with Crippen LogP contribution < -0.4 is 5.32 Å². The smallest absolute Gasteiger partial charge is 0.134 e. The maximum Gasteiger partial charge on any atom is 0.134 e. The molecule has 1 N–H and O–H groups in total. The van der Waals surface area contributed by atoms with Crippen molar-refractivity contribution in [3.05, 3.63) is 35.6 Å². The number of ether oxygens (including phenoxy) is 1. The molecule has 1 aromatic carbocycles. The Morgan fingerprint density at radius 3 is 2.75 bits per heavy atom. The van der Waals surface area contributed by atoms with Crippen molar-refractivity contribution in [1.29, 1.82) is 0 Å². The Balaban J connectivity index is 1.66. The van der Waals surface area contributed by atoms with Gasteiger partial charge in [-0.15, -0.1) is 0 Å². The third kappa shape index (κ3) is 2.74. The number of furan rings is 1. The Morgan fingerprint density at radius 2 is 1.95 bits per heavy atom. The molecule has 0 amide bonds. The zero-order valence-corrected chi connectivity index (χ0v) is 12.4. The van der Waals surface area contributed by atoms with Gasteiger partial charge in [0.1, 0.15) is 11.3 Å². The lowest BCUT2D eigenvalue weighted by Gasteiger charge is -2.33. The van der Waals surface area contributed by atoms with E-state index >= 15 is 0 Å². The van der Waals surface area contributed by atoms with E-state index in [-0.39, 0.29) is 0 Å². The van der Waals surface area contributed by atoms with Crippen molar-refractivity contribution in [3.63, 3.8) is 0 Å². The van der Waals surface area contributed by atoms with Crippen LogP contribution in [0.15, 0.2) is 28.7 Å². The Hall–Kier alpha value is -1.32. The zero-order chi connectivity index (χ0) is 14.0. The molecule has 2 heterocycles. The largest absolute Gasteiger partial charge is 0.461 e. The van der Waals surface area contributed by atoms with Gasteiger partial charge in [-0.2, -0.15) is 0 Å². The molecule has 0 atom stereocenters. The van der Waals surface area contributed by atoms with Crippen LogP contribution in [0.25, 0.3) is 11.0 Å². The number of nitrogens with one attached hydrogen (secondary N) is 1. The maximum absolute atomic E-state index is 5.81. The zero-order valence-electron chi connectivity index (χ0n) is 12.4. The molecule has 108 valence electrons. The standard InChI is InChI=1S/C17H23NO2/c1-13-15(14-5-3-4-6-16(14)20-13)11-18-12-17(2)7-9-19-10-8-17/h3-6,18H,7-12H2,1-2H3. The molecule has 3 nitrogen and oxygen atoms in total. The van der Waals surface area contributed by atoms with Crippen LogP contribution >= 0.6 is 0 Å². The third-order valence-electron chi connectivity index (χ3n) is 4.45. The van der Waals surface area contributed by atoms with Gasteiger partial charge in [-0.25, -0.2) is 0 Å². The molecule has 0 bridgehead atoms. The summed E-state index contributed by atoms with van der Waals surface area (Å²) in [5, 5.41) is 4.85. The first-order valence-electron chi connectivity index (χ1n) is 7.43. The van der Waals surface area contributed by atoms with E-state index in [9.17, 15) is 0 Å². The van der Waals surface area contributed by atoms with Crippen LogP contribution in [0, 0.1) is 12.3 Å². The van der Waals surface area contributed by atoms with Crippen LogP contribution in [-0.2, 0) is 11.3 Å². The number of fused-ring (bicyclic) bond motifs is 1. The quantitative estimate of drug-likeness (QED) is 0.923. The predicted octanol–water partition coefficient (Wildman–Crippen LogP) is 3.65. The summed E-state index contributed by atoms with van der Waals surface area (Å²) in [5.41, 5.74) is 2.64. The lowest BCUT2D eigenvalue weighted by atomic mass is 9.82. The SMILES string of the molecule is Cc1oc2ccccc2c1CNCC1(C)CCOCC1. The molecule has 0 unspecified atom stereocenters. The highest BCUT2D eigenvalue weighted by Crippen LogP contribution is 2.29. The second kappa shape index (κ2) is 5.58. The highest BCUT2D eigenvalue weighted by atomic mass is 16.5. The first kappa shape index (κ1) is 13.7. The van der Waals surface area contributed by atoms with Gasteiger partial charge < -0.3 is 14.5 Å². The van der Waals surface area contributed by atoms with E-state index in [0.29, 0.717) is 5.41 Å². The van der Waals surface area contributed by atoms with Crippen molar-refractivity contribution in [2.24, 2.45) is 5.41 Å². The molecule has 3 heteroatoms. The van der Waals surface area contributed by atoms with Crippen molar-refractivity contribution in [2.75, 3.05) is 19.8 Å². The number of hydrogen-bond donors (Lipinski definition) is 1. The maximum atomic E-state index is 5.81. The molecule has 3 rings (SSSR count). The molecule has 20 heavy (non-hydrogen) atoms. The van der Waals surface area contributed by atoms with Crippen LogP contribution in [0.3, 0.4) is 0 Å². The van der Waals surface area contributed by atoms with Crippen molar-refractivity contribution in [2.45, 2.75) is 33.2 Å². The molecule has 2 aromatic rings. The van der Waals surface area contributed by atoms with Gasteiger partial charge in [0, 0.05) is 37.3 Å². The summed E-state index contributed by atoms with van der Waals surface area (Å²) >= 11 is 0. The van der Waals surface area contributed by atoms with Gasteiger partial charge in [0.15, 0.2) is 0 Å². The van der Waals surface area contributed by atoms with Crippen LogP contribution in [0.4, 0.5) is 0 Å². The number of para-hydroxylation sites is 1. The number of rotatable bonds is 4. The summed E-state index contributed by atoms with van der Waals surface area (Å²) in [5.74, 6) is 1.02. The minimum Gasteiger partial charge on any atom is -0.461 e. The average molecular weight is 273 g/mol. The van der Waals surface area contributed by atoms with Crippen molar-refractivity contribution < 1.29 is 9.15 Å². The lowest BCUT2D eigenvalue weighted by Crippen LogP contribution is -2.36. The van der Waals surface area contributed by atoms with E-state index in [2.05, 4.69) is 24.4 Å². The van der Waals surface area contributed by atoms with Crippen LogP contribution in [0.5, 0.6) is 0 Å². The number of aryl methyl sites for hydroxylation is 1. The van der Waals surface area contributed by atoms with Gasteiger partial charge in [-0.05, 0) is 31.2 Å². The Labute approximate surface area is 120 Å². The van der Waals surface area contributed by atoms with E-state index in [0.717, 1.165) is 50.5 Å². The van der Waals surface area contributed by atoms with Gasteiger partial charge >= 0.3 is 0 Å². The van der Waals surface area contributed by atoms with Gasteiger partial charge in [0.05, 0.1) is 0 Å². The molecule has 1 aromatic heterocycles. The number of hydrogen-bond acceptors (Lipinski definition) is 3. The fourth-order valence-corrected chi connectivity index (χ4v) is 2.97. The Morgan fingerprint density at radius 1 is 1.20 bits per heavy atom. The summed E-state index contributed by atoms with van der Waals surface area (Å²) in [7, 11) is 0. The summed E-state index contributed by atoms with van der Waals surface area (Å²) in [6.07, 6.45) is 2.29. The van der Waals surface area contributed by atoms with E-state index in [4.69, 9.17) is 9.15 Å². The van der Waals surface area contributed by atoms with Crippen LogP contribution in [0.1, 0.15) is 31.1 Å². The molecule has 0 radical (unpaired) electrons. The lowest BCUT2D eigenvalue weighted by molar-refractivity contribution is 0.0240. The number of benzene rings is 1. The monoisotopic (exact) mass is 273 g/mol. The summed E-state index contributed by atoms with van der Waals surface area (Å²) in [6.45, 7) is 8.10. The average Bonchev–Trinajstić information content (AvgIpc) is 2.76. The van der Waals surface area contributed by atoms with E-state index in [1.165, 1.54) is 10.9 Å². The molecular formula is C17H23NO2. The second-order valence-corrected chi connectivity index (χ2v) is 6.16. The summed E-state index contributed by atoms with van der Waals surface area (Å²) in [6, 6.07) is 8.26. The molecule has 0 saturated carbocycles. The fraction of sp³-hybridized carbons (Fsp3) is 0.529. The van der Waals surface area contributed by atoms with E-state index in [1.807, 2.05) is 19.1 Å². The minimum absolute atomic E-state index is 0.367. The molecule has 1 fully saturated rings. The van der Waals surface area contributed by atoms with E-state index in [1.54, 1.807) is 0 Å². The molecular weight excluding hydrogens is 250 g/mol. The topological polar surface area (TPSA) is 34.4 Å². The highest BCUT2D eigenvalue weighted by molar-refractivity contribution is 5.82. The Bertz CT molecular complexity index is 582.